The second-order valence-corrected chi connectivity index (χ2v) is 5.83. The van der Waals surface area contributed by atoms with Crippen LogP contribution >= 0.6 is 22.9 Å². The van der Waals surface area contributed by atoms with Gasteiger partial charge in [-0.1, -0.05) is 11.6 Å². The minimum absolute atomic E-state index is 0.161. The third-order valence-corrected chi connectivity index (χ3v) is 3.95. The van der Waals surface area contributed by atoms with Crippen molar-refractivity contribution in [1.82, 2.24) is 10.6 Å². The summed E-state index contributed by atoms with van der Waals surface area (Å²) in [6.07, 6.45) is 1.52. The van der Waals surface area contributed by atoms with Crippen molar-refractivity contribution in [3.05, 3.63) is 21.3 Å². The van der Waals surface area contributed by atoms with Crippen molar-refractivity contribution < 1.29 is 4.79 Å². The number of thiophene rings is 1. The maximum absolute atomic E-state index is 11.5. The van der Waals surface area contributed by atoms with E-state index in [1.807, 2.05) is 12.1 Å². The van der Waals surface area contributed by atoms with Gasteiger partial charge in [-0.3, -0.25) is 4.79 Å². The van der Waals surface area contributed by atoms with Gasteiger partial charge in [-0.05, 0) is 37.6 Å². The van der Waals surface area contributed by atoms with Gasteiger partial charge in [0.25, 0.3) is 0 Å². The van der Waals surface area contributed by atoms with E-state index >= 15 is 0 Å². The highest BCUT2D eigenvalue weighted by Gasteiger charge is 2.19. The fraction of sp³-hybridized carbons (Fsp3) is 0.545. The molecule has 0 spiro atoms. The van der Waals surface area contributed by atoms with Gasteiger partial charge in [0.05, 0.1) is 4.34 Å². The van der Waals surface area contributed by atoms with Gasteiger partial charge >= 0.3 is 0 Å². The number of amides is 1. The standard InChI is InChI=1S/C11H15ClN2OS/c12-10-2-1-9(16-10)3-4-14-11(15)5-8-6-13-7-8/h1-2,8,13H,3-7H2,(H,14,15). The van der Waals surface area contributed by atoms with E-state index in [-0.39, 0.29) is 5.91 Å². The molecule has 1 saturated heterocycles. The fourth-order valence-electron chi connectivity index (χ4n) is 1.64. The molecule has 0 unspecified atom stereocenters. The third-order valence-electron chi connectivity index (χ3n) is 2.66. The van der Waals surface area contributed by atoms with E-state index in [0.717, 1.165) is 23.8 Å². The van der Waals surface area contributed by atoms with Gasteiger partial charge in [-0.25, -0.2) is 0 Å². The molecule has 0 bridgehead atoms. The molecule has 3 nitrogen and oxygen atoms in total. The second-order valence-electron chi connectivity index (χ2n) is 4.03. The topological polar surface area (TPSA) is 41.1 Å². The first kappa shape index (κ1) is 11.9. The van der Waals surface area contributed by atoms with Crippen molar-refractivity contribution in [2.24, 2.45) is 5.92 Å². The Kier molecular flexibility index (Phi) is 4.21. The molecule has 1 aliphatic heterocycles. The Morgan fingerprint density at radius 1 is 1.56 bits per heavy atom. The molecule has 0 atom stereocenters. The van der Waals surface area contributed by atoms with E-state index in [1.54, 1.807) is 11.3 Å². The van der Waals surface area contributed by atoms with E-state index < -0.39 is 0 Å². The number of hydrogen-bond donors (Lipinski definition) is 2. The van der Waals surface area contributed by atoms with Crippen LogP contribution in [0.25, 0.3) is 0 Å². The number of carbonyl (C=O) groups is 1. The van der Waals surface area contributed by atoms with Gasteiger partial charge in [0.2, 0.25) is 5.91 Å². The molecule has 2 N–H and O–H groups in total. The highest BCUT2D eigenvalue weighted by molar-refractivity contribution is 7.16. The summed E-state index contributed by atoms with van der Waals surface area (Å²) < 4.78 is 0.807. The van der Waals surface area contributed by atoms with Crippen LogP contribution in [0.4, 0.5) is 0 Å². The lowest BCUT2D eigenvalue weighted by Crippen LogP contribution is -2.44. The van der Waals surface area contributed by atoms with E-state index in [0.29, 0.717) is 18.9 Å². The monoisotopic (exact) mass is 258 g/mol. The number of halogens is 1. The molecule has 1 fully saturated rings. The minimum atomic E-state index is 0.161. The highest BCUT2D eigenvalue weighted by Crippen LogP contribution is 2.21. The van der Waals surface area contributed by atoms with Crippen LogP contribution in [0, 0.1) is 5.92 Å². The largest absolute Gasteiger partial charge is 0.356 e. The Morgan fingerprint density at radius 2 is 2.38 bits per heavy atom. The molecule has 1 aromatic rings. The Morgan fingerprint density at radius 3 is 2.94 bits per heavy atom. The summed E-state index contributed by atoms with van der Waals surface area (Å²) in [6, 6.07) is 3.90. The van der Waals surface area contributed by atoms with Crippen LogP contribution in [0.3, 0.4) is 0 Å². The van der Waals surface area contributed by atoms with Crippen molar-refractivity contribution in [2.45, 2.75) is 12.8 Å². The first-order valence-corrected chi connectivity index (χ1v) is 6.65. The average Bonchev–Trinajstić information content (AvgIpc) is 2.58. The van der Waals surface area contributed by atoms with Crippen LogP contribution in [0.15, 0.2) is 12.1 Å². The van der Waals surface area contributed by atoms with E-state index in [9.17, 15) is 4.79 Å². The zero-order valence-corrected chi connectivity index (χ0v) is 10.5. The average molecular weight is 259 g/mol. The summed E-state index contributed by atoms with van der Waals surface area (Å²) in [6.45, 7) is 2.66. The Hall–Kier alpha value is -0.580. The summed E-state index contributed by atoms with van der Waals surface area (Å²) in [5, 5.41) is 6.09. The maximum atomic E-state index is 11.5. The van der Waals surface area contributed by atoms with E-state index in [1.165, 1.54) is 4.88 Å². The van der Waals surface area contributed by atoms with Crippen molar-refractivity contribution in [2.75, 3.05) is 19.6 Å². The van der Waals surface area contributed by atoms with Gasteiger partial charge in [-0.2, -0.15) is 0 Å². The molecule has 0 radical (unpaired) electrons. The SMILES string of the molecule is O=C(CC1CNC1)NCCc1ccc(Cl)s1. The fourth-order valence-corrected chi connectivity index (χ4v) is 2.73. The van der Waals surface area contributed by atoms with Gasteiger partial charge in [0, 0.05) is 17.8 Å². The number of hydrogen-bond acceptors (Lipinski definition) is 3. The Bertz CT molecular complexity index is 363. The molecule has 2 heterocycles. The quantitative estimate of drug-likeness (QED) is 0.844. The van der Waals surface area contributed by atoms with E-state index in [2.05, 4.69) is 10.6 Å². The first-order chi connectivity index (χ1) is 7.74. The predicted octanol–water partition coefficient (Wildman–Crippen LogP) is 1.67. The molecule has 2 rings (SSSR count). The van der Waals surface area contributed by atoms with Crippen molar-refractivity contribution in [1.29, 1.82) is 0 Å². The summed E-state index contributed by atoms with van der Waals surface area (Å²) in [5.74, 6) is 0.699. The van der Waals surface area contributed by atoms with Gasteiger partial charge in [-0.15, -0.1) is 11.3 Å². The van der Waals surface area contributed by atoms with Gasteiger partial charge in [0.1, 0.15) is 0 Å². The molecule has 1 aliphatic rings. The molecule has 88 valence electrons. The van der Waals surface area contributed by atoms with Crippen LogP contribution in [-0.2, 0) is 11.2 Å². The van der Waals surface area contributed by atoms with Crippen molar-refractivity contribution >= 4 is 28.8 Å². The first-order valence-electron chi connectivity index (χ1n) is 5.45. The number of nitrogens with one attached hydrogen (secondary N) is 2. The highest BCUT2D eigenvalue weighted by atomic mass is 35.5. The predicted molar refractivity (Wildman–Crippen MR) is 67.0 cm³/mol. The van der Waals surface area contributed by atoms with E-state index in [4.69, 9.17) is 11.6 Å². The second kappa shape index (κ2) is 5.66. The lowest BCUT2D eigenvalue weighted by atomic mass is 9.99. The number of rotatable bonds is 5. The summed E-state index contributed by atoms with van der Waals surface area (Å²) in [7, 11) is 0. The smallest absolute Gasteiger partial charge is 0.220 e. The summed E-state index contributed by atoms with van der Waals surface area (Å²) in [4.78, 5) is 12.7. The number of carbonyl (C=O) groups excluding carboxylic acids is 1. The zero-order valence-electron chi connectivity index (χ0n) is 8.96. The molecule has 0 saturated carbocycles. The minimum Gasteiger partial charge on any atom is -0.356 e. The van der Waals surface area contributed by atoms with Crippen LogP contribution in [0.5, 0.6) is 0 Å². The Balaban J connectivity index is 1.61. The lowest BCUT2D eigenvalue weighted by Gasteiger charge is -2.26. The van der Waals surface area contributed by atoms with Gasteiger partial charge < -0.3 is 10.6 Å². The zero-order chi connectivity index (χ0) is 11.4. The van der Waals surface area contributed by atoms with Gasteiger partial charge in [0.15, 0.2) is 0 Å². The van der Waals surface area contributed by atoms with Crippen LogP contribution in [0.2, 0.25) is 4.34 Å². The van der Waals surface area contributed by atoms with Crippen molar-refractivity contribution in [3.63, 3.8) is 0 Å². The Labute approximate surface area is 104 Å². The molecular weight excluding hydrogens is 244 g/mol. The third kappa shape index (κ3) is 3.47. The summed E-state index contributed by atoms with van der Waals surface area (Å²) in [5.41, 5.74) is 0. The molecule has 1 aromatic heterocycles. The van der Waals surface area contributed by atoms with Crippen molar-refractivity contribution in [3.8, 4) is 0 Å². The molecule has 0 aromatic carbocycles. The molecule has 0 aliphatic carbocycles. The summed E-state index contributed by atoms with van der Waals surface area (Å²) >= 11 is 7.39. The molecular formula is C11H15ClN2OS. The molecule has 16 heavy (non-hydrogen) atoms. The lowest BCUT2D eigenvalue weighted by molar-refractivity contribution is -0.122. The maximum Gasteiger partial charge on any atom is 0.220 e. The molecule has 1 amide bonds. The van der Waals surface area contributed by atoms with Crippen LogP contribution in [-0.4, -0.2) is 25.5 Å². The van der Waals surface area contributed by atoms with Crippen LogP contribution in [0.1, 0.15) is 11.3 Å². The van der Waals surface area contributed by atoms with Crippen LogP contribution < -0.4 is 10.6 Å². The molecule has 5 heteroatoms. The normalized spacial score (nSPS) is 15.8.